The minimum absolute atomic E-state index is 0.0732. The van der Waals surface area contributed by atoms with Crippen LogP contribution in [0.15, 0.2) is 35.5 Å². The fraction of sp³-hybridized carbons (Fsp3) is 0.654. The third kappa shape index (κ3) is 1.92. The number of fused-ring (bicyclic) bond motifs is 3. The minimum Gasteiger partial charge on any atom is -0.429 e. The Hall–Kier alpha value is -2.05. The number of allylic oxidation sites excluding steroid dienone is 3. The van der Waals surface area contributed by atoms with Crippen molar-refractivity contribution >= 4 is 17.5 Å². The average molecular weight is 439 g/mol. The van der Waals surface area contributed by atoms with Gasteiger partial charge in [0.15, 0.2) is 5.78 Å². The summed E-state index contributed by atoms with van der Waals surface area (Å²) in [5.74, 6) is -0.516. The first-order valence-corrected chi connectivity index (χ1v) is 11.6. The van der Waals surface area contributed by atoms with E-state index < -0.39 is 39.5 Å². The number of hydrogen-bond acceptors (Lipinski definition) is 6. The normalized spacial score (nSPS) is 52.4. The highest BCUT2D eigenvalue weighted by molar-refractivity contribution is 5.99. The van der Waals surface area contributed by atoms with Gasteiger partial charge in [0.2, 0.25) is 6.29 Å². The van der Waals surface area contributed by atoms with Crippen LogP contribution in [0.4, 0.5) is 0 Å². The molecule has 0 amide bonds. The van der Waals surface area contributed by atoms with Gasteiger partial charge in [0.1, 0.15) is 11.4 Å². The van der Waals surface area contributed by atoms with Gasteiger partial charge in [0, 0.05) is 34.3 Å². The van der Waals surface area contributed by atoms with Gasteiger partial charge in [-0.15, -0.1) is 0 Å². The van der Waals surface area contributed by atoms with Crippen molar-refractivity contribution in [1.29, 1.82) is 0 Å². The van der Waals surface area contributed by atoms with Crippen LogP contribution >= 0.6 is 0 Å². The molecule has 6 rings (SSSR count). The number of rotatable bonds is 1. The zero-order valence-corrected chi connectivity index (χ0v) is 19.2. The molecule has 170 valence electrons. The number of epoxide rings is 1. The van der Waals surface area contributed by atoms with E-state index >= 15 is 0 Å². The lowest BCUT2D eigenvalue weighted by molar-refractivity contribution is -0.153. The molecule has 8 atom stereocenters. The Kier molecular flexibility index (Phi) is 3.55. The molecule has 0 bridgehead atoms. The van der Waals surface area contributed by atoms with Crippen molar-refractivity contribution in [2.24, 2.45) is 33.5 Å². The molecule has 2 saturated carbocycles. The van der Waals surface area contributed by atoms with E-state index in [-0.39, 0.29) is 29.5 Å². The van der Waals surface area contributed by atoms with Crippen LogP contribution in [0.2, 0.25) is 0 Å². The molecule has 2 heterocycles. The molecule has 1 unspecified atom stereocenters. The number of ether oxygens (including phenoxy) is 2. The summed E-state index contributed by atoms with van der Waals surface area (Å²) in [6.45, 7) is 10.2. The molecule has 1 saturated heterocycles. The van der Waals surface area contributed by atoms with Crippen LogP contribution in [-0.4, -0.2) is 40.6 Å². The van der Waals surface area contributed by atoms with Crippen molar-refractivity contribution in [3.63, 3.8) is 0 Å². The van der Waals surface area contributed by atoms with E-state index in [1.807, 2.05) is 26.8 Å². The topological polar surface area (TPSA) is 93.2 Å². The van der Waals surface area contributed by atoms with Crippen LogP contribution < -0.4 is 0 Å². The maximum absolute atomic E-state index is 14.0. The minimum atomic E-state index is -1.23. The first-order valence-electron chi connectivity index (χ1n) is 11.6. The summed E-state index contributed by atoms with van der Waals surface area (Å²) in [6, 6.07) is 0. The zero-order valence-electron chi connectivity index (χ0n) is 19.2. The summed E-state index contributed by atoms with van der Waals surface area (Å²) in [5.41, 5.74) is -1.29. The first kappa shape index (κ1) is 20.5. The van der Waals surface area contributed by atoms with Crippen LogP contribution in [0.1, 0.15) is 53.9 Å². The molecule has 0 radical (unpaired) electrons. The summed E-state index contributed by atoms with van der Waals surface area (Å²) in [5, 5.41) is 10.4. The number of ketones is 2. The molecular weight excluding hydrogens is 408 g/mol. The number of Topliss-reactive ketones (excluding diaryl/α,β-unsaturated/α-hetero) is 1. The predicted molar refractivity (Wildman–Crippen MR) is 114 cm³/mol. The summed E-state index contributed by atoms with van der Waals surface area (Å²) in [7, 11) is 0. The molecule has 32 heavy (non-hydrogen) atoms. The number of carbonyl (C=O) groups excluding carboxylic acids is 3. The van der Waals surface area contributed by atoms with Crippen molar-refractivity contribution in [2.75, 3.05) is 0 Å². The highest BCUT2D eigenvalue weighted by Crippen LogP contribution is 2.79. The third-order valence-electron chi connectivity index (χ3n) is 10.3. The lowest BCUT2D eigenvalue weighted by atomic mass is 9.40. The summed E-state index contributed by atoms with van der Waals surface area (Å²) >= 11 is 0. The number of carbonyl (C=O) groups is 3. The van der Waals surface area contributed by atoms with Gasteiger partial charge in [-0.3, -0.25) is 9.59 Å². The van der Waals surface area contributed by atoms with Crippen molar-refractivity contribution in [3.05, 3.63) is 35.5 Å². The second-order valence-corrected chi connectivity index (χ2v) is 11.8. The van der Waals surface area contributed by atoms with E-state index in [2.05, 4.69) is 19.9 Å². The van der Waals surface area contributed by atoms with Crippen LogP contribution in [0.5, 0.6) is 0 Å². The Morgan fingerprint density at radius 1 is 1.09 bits per heavy atom. The van der Waals surface area contributed by atoms with E-state index in [9.17, 15) is 19.5 Å². The summed E-state index contributed by atoms with van der Waals surface area (Å²) in [6.07, 6.45) is 7.65. The van der Waals surface area contributed by atoms with Gasteiger partial charge in [0.25, 0.3) is 0 Å². The van der Waals surface area contributed by atoms with Gasteiger partial charge in [-0.05, 0) is 43.3 Å². The van der Waals surface area contributed by atoms with Crippen LogP contribution in [0.3, 0.4) is 0 Å². The van der Waals surface area contributed by atoms with Crippen LogP contribution in [0, 0.1) is 33.5 Å². The van der Waals surface area contributed by atoms with E-state index in [0.717, 1.165) is 5.57 Å². The fourth-order valence-electron chi connectivity index (χ4n) is 8.61. The molecule has 1 N–H and O–H groups in total. The van der Waals surface area contributed by atoms with E-state index in [4.69, 9.17) is 9.47 Å². The van der Waals surface area contributed by atoms with Crippen LogP contribution in [0.25, 0.3) is 0 Å². The molecular formula is C26H30O6. The molecule has 6 nitrogen and oxygen atoms in total. The average Bonchev–Trinajstić information content (AvgIpc) is 3.27. The predicted octanol–water partition coefficient (Wildman–Crippen LogP) is 3.05. The van der Waals surface area contributed by atoms with Gasteiger partial charge >= 0.3 is 5.97 Å². The fourth-order valence-corrected chi connectivity index (χ4v) is 8.61. The highest BCUT2D eigenvalue weighted by atomic mass is 16.6. The standard InChI is InChI=1S/C26H30O6/c1-22(2)16-12-18(28)25(5)15(23(16,3)8-7-17(22)27)6-9-24(4)14(11-19-26(24,25)32-19)13-10-20(29)31-21(13)30/h6-8,10,14,16,19,21,30H,9,11-12H2,1-5H3/t14-,16-,19+,21?,23+,24-,25-,26+/m0/s1. The number of esters is 1. The molecule has 0 aromatic carbocycles. The largest absolute Gasteiger partial charge is 0.429 e. The highest BCUT2D eigenvalue weighted by Gasteiger charge is 2.85. The van der Waals surface area contributed by atoms with Gasteiger partial charge < -0.3 is 14.6 Å². The molecule has 3 fully saturated rings. The second kappa shape index (κ2) is 5.53. The molecule has 2 aliphatic heterocycles. The van der Waals surface area contributed by atoms with Crippen molar-refractivity contribution in [1.82, 2.24) is 0 Å². The van der Waals surface area contributed by atoms with E-state index in [1.54, 1.807) is 6.08 Å². The Labute approximate surface area is 187 Å². The zero-order chi connectivity index (χ0) is 23.1. The second-order valence-electron chi connectivity index (χ2n) is 11.8. The Bertz CT molecular complexity index is 1100. The maximum atomic E-state index is 14.0. The van der Waals surface area contributed by atoms with Gasteiger partial charge in [-0.1, -0.05) is 39.8 Å². The van der Waals surface area contributed by atoms with E-state index in [0.29, 0.717) is 24.8 Å². The quantitative estimate of drug-likeness (QED) is 0.384. The van der Waals surface area contributed by atoms with Gasteiger partial charge in [-0.2, -0.15) is 0 Å². The number of cyclic esters (lactones) is 1. The van der Waals surface area contributed by atoms with Gasteiger partial charge in [0.05, 0.1) is 11.5 Å². The summed E-state index contributed by atoms with van der Waals surface area (Å²) in [4.78, 5) is 38.5. The SMILES string of the molecule is CC1(C)C(=O)C=C[C@]2(C)C3=CC[C@@]4(C)[C@H](C5=CC(=O)OC5O)C[C@H]5O[C@]54[C@]3(C)C(=O)C[C@@H]12. The Balaban J connectivity index is 1.52. The lowest BCUT2D eigenvalue weighted by Crippen LogP contribution is -2.64. The van der Waals surface area contributed by atoms with Crippen molar-refractivity contribution < 1.29 is 29.0 Å². The van der Waals surface area contributed by atoms with Crippen molar-refractivity contribution in [2.45, 2.75) is 71.9 Å². The Morgan fingerprint density at radius 2 is 1.81 bits per heavy atom. The monoisotopic (exact) mass is 438 g/mol. The molecule has 6 heteroatoms. The summed E-state index contributed by atoms with van der Waals surface area (Å²) < 4.78 is 11.4. The molecule has 1 spiro atoms. The van der Waals surface area contributed by atoms with E-state index in [1.165, 1.54) is 6.08 Å². The first-order chi connectivity index (χ1) is 14.8. The van der Waals surface area contributed by atoms with Crippen LogP contribution in [-0.2, 0) is 23.9 Å². The number of aliphatic hydroxyl groups excluding tert-OH is 1. The lowest BCUT2D eigenvalue weighted by Gasteiger charge is -2.61. The maximum Gasteiger partial charge on any atom is 0.333 e. The Morgan fingerprint density at radius 3 is 2.47 bits per heavy atom. The molecule has 4 aliphatic carbocycles. The molecule has 0 aromatic rings. The smallest absolute Gasteiger partial charge is 0.333 e. The van der Waals surface area contributed by atoms with Gasteiger partial charge in [-0.25, -0.2) is 4.79 Å². The molecule has 0 aromatic heterocycles. The third-order valence-corrected chi connectivity index (χ3v) is 10.3. The van der Waals surface area contributed by atoms with Crippen molar-refractivity contribution in [3.8, 4) is 0 Å². The number of aliphatic hydroxyl groups is 1. The molecule has 6 aliphatic rings. The number of hydrogen-bond donors (Lipinski definition) is 1.